The number of benzene rings is 2. The van der Waals surface area contributed by atoms with Crippen LogP contribution in [-0.2, 0) is 25.7 Å². The SMILES string of the molecule is CCOC(=O)C(C)(C)Oc1c(C)cc(CN(CC(=O)NC(C)C=O)[C@@H](C)c2coc(-c3ccccc3)n2)cc1C. The highest BCUT2D eigenvalue weighted by molar-refractivity contribution is 5.81. The van der Waals surface area contributed by atoms with Crippen LogP contribution in [0.25, 0.3) is 11.5 Å². The summed E-state index contributed by atoms with van der Waals surface area (Å²) in [6, 6.07) is 12.7. The number of hydrogen-bond donors (Lipinski definition) is 1. The standard InChI is InChI=1S/C31H39N3O6/c1-8-38-30(37)31(6,7)40-28-20(2)14-24(15-21(28)3)16-34(17-27(36)32-22(4)18-35)23(5)26-19-39-29(33-26)25-12-10-9-11-13-25/h9-15,18-19,22-23H,8,16-17H2,1-7H3,(H,32,36)/t22?,23-/m0/s1. The van der Waals surface area contributed by atoms with Crippen LogP contribution in [0.1, 0.15) is 63.0 Å². The van der Waals surface area contributed by atoms with Crippen LogP contribution in [0, 0.1) is 13.8 Å². The van der Waals surface area contributed by atoms with E-state index in [1.165, 1.54) is 0 Å². The van der Waals surface area contributed by atoms with Gasteiger partial charge in [-0.25, -0.2) is 9.78 Å². The molecule has 1 N–H and O–H groups in total. The van der Waals surface area contributed by atoms with Gasteiger partial charge in [-0.2, -0.15) is 0 Å². The number of nitrogens with zero attached hydrogens (tertiary/aromatic N) is 2. The van der Waals surface area contributed by atoms with Crippen molar-refractivity contribution >= 4 is 18.2 Å². The molecule has 214 valence electrons. The molecule has 2 atom stereocenters. The van der Waals surface area contributed by atoms with E-state index in [4.69, 9.17) is 13.9 Å². The van der Waals surface area contributed by atoms with Crippen molar-refractivity contribution < 1.29 is 28.3 Å². The summed E-state index contributed by atoms with van der Waals surface area (Å²) in [6.45, 7) is 13.3. The molecule has 1 unspecified atom stereocenters. The number of esters is 1. The molecule has 2 aromatic carbocycles. The Labute approximate surface area is 235 Å². The fourth-order valence-corrected chi connectivity index (χ4v) is 4.35. The van der Waals surface area contributed by atoms with Crippen LogP contribution in [0.4, 0.5) is 0 Å². The molecular formula is C31H39N3O6. The van der Waals surface area contributed by atoms with E-state index < -0.39 is 17.6 Å². The smallest absolute Gasteiger partial charge is 0.349 e. The lowest BCUT2D eigenvalue weighted by Crippen LogP contribution is -2.42. The lowest BCUT2D eigenvalue weighted by molar-refractivity contribution is -0.158. The maximum atomic E-state index is 12.8. The number of hydrogen-bond acceptors (Lipinski definition) is 8. The molecule has 0 spiro atoms. The molecule has 0 saturated carbocycles. The van der Waals surface area contributed by atoms with Crippen LogP contribution in [0.3, 0.4) is 0 Å². The average Bonchev–Trinajstić information content (AvgIpc) is 3.41. The summed E-state index contributed by atoms with van der Waals surface area (Å²) in [5.74, 6) is 0.403. The van der Waals surface area contributed by atoms with Gasteiger partial charge in [-0.05, 0) is 77.3 Å². The van der Waals surface area contributed by atoms with Crippen molar-refractivity contribution in [3.63, 3.8) is 0 Å². The molecular weight excluding hydrogens is 510 g/mol. The summed E-state index contributed by atoms with van der Waals surface area (Å²) in [5.41, 5.74) is 3.05. The molecule has 1 heterocycles. The van der Waals surface area contributed by atoms with E-state index in [1.54, 1.807) is 34.0 Å². The highest BCUT2D eigenvalue weighted by Gasteiger charge is 2.33. The molecule has 9 nitrogen and oxygen atoms in total. The number of oxazole rings is 1. The third-order valence-electron chi connectivity index (χ3n) is 6.49. The number of amides is 1. The second-order valence-corrected chi connectivity index (χ2v) is 10.4. The van der Waals surface area contributed by atoms with Gasteiger partial charge in [0.25, 0.3) is 0 Å². The van der Waals surface area contributed by atoms with Gasteiger partial charge in [-0.1, -0.05) is 30.3 Å². The predicted molar refractivity (Wildman–Crippen MR) is 152 cm³/mol. The molecule has 0 aliphatic carbocycles. The molecule has 1 aromatic heterocycles. The fourth-order valence-electron chi connectivity index (χ4n) is 4.35. The minimum absolute atomic E-state index is 0.0408. The highest BCUT2D eigenvalue weighted by atomic mass is 16.6. The maximum Gasteiger partial charge on any atom is 0.349 e. The van der Waals surface area contributed by atoms with Crippen molar-refractivity contribution in [1.82, 2.24) is 15.2 Å². The van der Waals surface area contributed by atoms with Crippen LogP contribution < -0.4 is 10.1 Å². The first-order chi connectivity index (χ1) is 18.9. The predicted octanol–water partition coefficient (Wildman–Crippen LogP) is 4.95. The number of nitrogens with one attached hydrogen (secondary N) is 1. The van der Waals surface area contributed by atoms with E-state index in [0.29, 0.717) is 30.2 Å². The molecule has 3 rings (SSSR count). The summed E-state index contributed by atoms with van der Waals surface area (Å²) in [5, 5.41) is 2.71. The Hall–Kier alpha value is -3.98. The summed E-state index contributed by atoms with van der Waals surface area (Å²) in [6.07, 6.45) is 2.30. The lowest BCUT2D eigenvalue weighted by Gasteiger charge is -2.29. The first-order valence-corrected chi connectivity index (χ1v) is 13.4. The number of aromatic nitrogens is 1. The first-order valence-electron chi connectivity index (χ1n) is 13.4. The van der Waals surface area contributed by atoms with Gasteiger partial charge in [0.1, 0.15) is 18.3 Å². The van der Waals surface area contributed by atoms with Crippen molar-refractivity contribution in [1.29, 1.82) is 0 Å². The summed E-state index contributed by atoms with van der Waals surface area (Å²) < 4.78 is 17.0. The largest absolute Gasteiger partial charge is 0.476 e. The van der Waals surface area contributed by atoms with Gasteiger partial charge < -0.3 is 24.0 Å². The van der Waals surface area contributed by atoms with E-state index in [0.717, 1.165) is 22.3 Å². The van der Waals surface area contributed by atoms with Crippen molar-refractivity contribution in [3.05, 3.63) is 71.1 Å². The van der Waals surface area contributed by atoms with E-state index in [9.17, 15) is 14.4 Å². The van der Waals surface area contributed by atoms with Crippen LogP contribution in [-0.4, -0.2) is 52.8 Å². The van der Waals surface area contributed by atoms with E-state index in [2.05, 4.69) is 10.3 Å². The van der Waals surface area contributed by atoms with Crippen molar-refractivity contribution in [3.8, 4) is 17.2 Å². The Balaban J connectivity index is 1.88. The zero-order valence-electron chi connectivity index (χ0n) is 24.3. The number of aldehydes is 1. The van der Waals surface area contributed by atoms with Gasteiger partial charge in [-0.15, -0.1) is 0 Å². The molecule has 0 fully saturated rings. The molecule has 0 radical (unpaired) electrons. The lowest BCUT2D eigenvalue weighted by atomic mass is 10.0. The topological polar surface area (TPSA) is 111 Å². The Bertz CT molecular complexity index is 1290. The van der Waals surface area contributed by atoms with Crippen LogP contribution in [0.15, 0.2) is 53.1 Å². The van der Waals surface area contributed by atoms with E-state index in [-0.39, 0.29) is 25.1 Å². The number of carbonyl (C=O) groups excluding carboxylic acids is 3. The fraction of sp³-hybridized carbons (Fsp3) is 0.419. The first kappa shape index (κ1) is 30.6. The second kappa shape index (κ2) is 13.4. The Kier molecular flexibility index (Phi) is 10.2. The van der Waals surface area contributed by atoms with Crippen molar-refractivity contribution in [2.75, 3.05) is 13.2 Å². The van der Waals surface area contributed by atoms with Gasteiger partial charge in [0, 0.05) is 12.1 Å². The summed E-state index contributed by atoms with van der Waals surface area (Å²) in [4.78, 5) is 43.0. The minimum Gasteiger partial charge on any atom is -0.476 e. The molecule has 3 aromatic rings. The zero-order chi connectivity index (χ0) is 29.4. The third kappa shape index (κ3) is 7.79. The van der Waals surface area contributed by atoms with Gasteiger partial charge in [0.2, 0.25) is 11.8 Å². The molecule has 0 aliphatic heterocycles. The van der Waals surface area contributed by atoms with Crippen LogP contribution >= 0.6 is 0 Å². The number of rotatable bonds is 13. The molecule has 1 amide bonds. The third-order valence-corrected chi connectivity index (χ3v) is 6.49. The van der Waals surface area contributed by atoms with Gasteiger partial charge in [-0.3, -0.25) is 9.69 Å². The van der Waals surface area contributed by atoms with Crippen LogP contribution in [0.2, 0.25) is 0 Å². The Morgan fingerprint density at radius 1 is 1.12 bits per heavy atom. The number of aryl methyl sites for hydroxylation is 2. The zero-order valence-corrected chi connectivity index (χ0v) is 24.3. The summed E-state index contributed by atoms with van der Waals surface area (Å²) in [7, 11) is 0. The van der Waals surface area contributed by atoms with Gasteiger partial charge in [0.05, 0.1) is 30.9 Å². The molecule has 0 aliphatic rings. The molecule has 0 saturated heterocycles. The average molecular weight is 550 g/mol. The molecule has 40 heavy (non-hydrogen) atoms. The van der Waals surface area contributed by atoms with Crippen molar-refractivity contribution in [2.45, 2.75) is 72.7 Å². The number of carbonyl (C=O) groups is 3. The minimum atomic E-state index is -1.15. The maximum absolute atomic E-state index is 12.8. The van der Waals surface area contributed by atoms with Crippen LogP contribution in [0.5, 0.6) is 5.75 Å². The molecule has 9 heteroatoms. The van der Waals surface area contributed by atoms with Crippen molar-refractivity contribution in [2.24, 2.45) is 0 Å². The monoisotopic (exact) mass is 549 g/mol. The van der Waals surface area contributed by atoms with Gasteiger partial charge in [0.15, 0.2) is 5.60 Å². The molecule has 0 bridgehead atoms. The highest BCUT2D eigenvalue weighted by Crippen LogP contribution is 2.31. The van der Waals surface area contributed by atoms with E-state index in [1.807, 2.05) is 68.1 Å². The Morgan fingerprint density at radius 3 is 2.38 bits per heavy atom. The van der Waals surface area contributed by atoms with Gasteiger partial charge >= 0.3 is 5.97 Å². The quantitative estimate of drug-likeness (QED) is 0.236. The number of ether oxygens (including phenoxy) is 2. The van der Waals surface area contributed by atoms with E-state index >= 15 is 0 Å². The Morgan fingerprint density at radius 2 is 1.77 bits per heavy atom. The second-order valence-electron chi connectivity index (χ2n) is 10.4. The summed E-state index contributed by atoms with van der Waals surface area (Å²) >= 11 is 0. The normalized spacial score (nSPS) is 13.0.